The van der Waals surface area contributed by atoms with Crippen molar-refractivity contribution in [2.75, 3.05) is 14.2 Å². The first-order valence-electron chi connectivity index (χ1n) is 6.90. The highest BCUT2D eigenvalue weighted by Crippen LogP contribution is 2.34. The van der Waals surface area contributed by atoms with Crippen LogP contribution in [0.3, 0.4) is 0 Å². The second kappa shape index (κ2) is 7.51. The van der Waals surface area contributed by atoms with Crippen molar-refractivity contribution >= 4 is 11.9 Å². The van der Waals surface area contributed by atoms with Gasteiger partial charge in [-0.25, -0.2) is 0 Å². The van der Waals surface area contributed by atoms with Crippen LogP contribution in [0.4, 0.5) is 0 Å². The van der Waals surface area contributed by atoms with E-state index in [1.807, 2.05) is 20.8 Å². The lowest BCUT2D eigenvalue weighted by Crippen LogP contribution is -2.30. The molecule has 4 nitrogen and oxygen atoms in total. The number of hydrogen-bond donors (Lipinski definition) is 0. The van der Waals surface area contributed by atoms with Crippen molar-refractivity contribution < 1.29 is 19.1 Å². The zero-order valence-electron chi connectivity index (χ0n) is 13.2. The molecule has 0 aliphatic heterocycles. The summed E-state index contributed by atoms with van der Waals surface area (Å²) >= 11 is 0. The van der Waals surface area contributed by atoms with E-state index in [0.29, 0.717) is 6.42 Å². The van der Waals surface area contributed by atoms with Crippen LogP contribution >= 0.6 is 0 Å². The Morgan fingerprint density at radius 2 is 1.42 bits per heavy atom. The van der Waals surface area contributed by atoms with E-state index in [-0.39, 0.29) is 11.9 Å². The molecule has 0 bridgehead atoms. The molecule has 1 atom stereocenters. The van der Waals surface area contributed by atoms with Crippen LogP contribution in [-0.2, 0) is 19.1 Å². The SMILES string of the molecule is CCCC(C)(CCCC(C)(C)C(=O)OC)C(=O)OC. The molecule has 0 rings (SSSR count). The van der Waals surface area contributed by atoms with Gasteiger partial charge < -0.3 is 9.47 Å². The van der Waals surface area contributed by atoms with E-state index < -0.39 is 10.8 Å². The van der Waals surface area contributed by atoms with Crippen LogP contribution in [-0.4, -0.2) is 26.2 Å². The third kappa shape index (κ3) is 5.21. The first-order valence-corrected chi connectivity index (χ1v) is 6.90. The monoisotopic (exact) mass is 272 g/mol. The second-order valence-electron chi connectivity index (χ2n) is 6.03. The summed E-state index contributed by atoms with van der Waals surface area (Å²) in [6, 6.07) is 0. The van der Waals surface area contributed by atoms with Gasteiger partial charge in [-0.05, 0) is 40.0 Å². The molecule has 0 aromatic heterocycles. The summed E-state index contributed by atoms with van der Waals surface area (Å²) in [6.45, 7) is 7.73. The molecular formula is C15H28O4. The van der Waals surface area contributed by atoms with E-state index >= 15 is 0 Å². The maximum Gasteiger partial charge on any atom is 0.311 e. The predicted octanol–water partition coefficient (Wildman–Crippen LogP) is 3.34. The Labute approximate surface area is 116 Å². The van der Waals surface area contributed by atoms with E-state index in [4.69, 9.17) is 9.47 Å². The lowest BCUT2D eigenvalue weighted by Gasteiger charge is -2.28. The lowest BCUT2D eigenvalue weighted by molar-refractivity contribution is -0.153. The van der Waals surface area contributed by atoms with Crippen LogP contribution in [0.15, 0.2) is 0 Å². The average molecular weight is 272 g/mol. The van der Waals surface area contributed by atoms with Crippen molar-refractivity contribution in [3.8, 4) is 0 Å². The van der Waals surface area contributed by atoms with Gasteiger partial charge in [0.05, 0.1) is 25.0 Å². The molecule has 0 aromatic carbocycles. The van der Waals surface area contributed by atoms with Crippen LogP contribution in [0.2, 0.25) is 0 Å². The number of ether oxygens (including phenoxy) is 2. The molecule has 0 amide bonds. The number of methoxy groups -OCH3 is 2. The molecule has 0 aliphatic carbocycles. The standard InChI is InChI=1S/C15H28O4/c1-7-9-15(4,13(17)19-6)11-8-10-14(2,3)12(16)18-5/h7-11H2,1-6H3. The van der Waals surface area contributed by atoms with Crippen LogP contribution in [0.1, 0.15) is 59.8 Å². The van der Waals surface area contributed by atoms with E-state index in [0.717, 1.165) is 25.7 Å². The smallest absolute Gasteiger partial charge is 0.311 e. The van der Waals surface area contributed by atoms with Gasteiger partial charge in [0.1, 0.15) is 0 Å². The van der Waals surface area contributed by atoms with Gasteiger partial charge in [-0.15, -0.1) is 0 Å². The molecule has 19 heavy (non-hydrogen) atoms. The highest BCUT2D eigenvalue weighted by Gasteiger charge is 2.35. The van der Waals surface area contributed by atoms with Crippen molar-refractivity contribution in [1.82, 2.24) is 0 Å². The highest BCUT2D eigenvalue weighted by atomic mass is 16.5. The number of carbonyl (C=O) groups is 2. The highest BCUT2D eigenvalue weighted by molar-refractivity contribution is 5.76. The first kappa shape index (κ1) is 17.9. The van der Waals surface area contributed by atoms with E-state index in [9.17, 15) is 9.59 Å². The Balaban J connectivity index is 4.50. The summed E-state index contributed by atoms with van der Waals surface area (Å²) < 4.78 is 9.67. The Bertz CT molecular complexity index is 309. The van der Waals surface area contributed by atoms with Crippen molar-refractivity contribution in [2.45, 2.75) is 59.8 Å². The van der Waals surface area contributed by atoms with Crippen LogP contribution < -0.4 is 0 Å². The molecule has 0 aliphatic rings. The fourth-order valence-corrected chi connectivity index (χ4v) is 2.43. The molecule has 0 radical (unpaired) electrons. The Morgan fingerprint density at radius 1 is 0.895 bits per heavy atom. The molecule has 0 spiro atoms. The zero-order chi connectivity index (χ0) is 15.1. The molecular weight excluding hydrogens is 244 g/mol. The number of hydrogen-bond acceptors (Lipinski definition) is 4. The molecule has 0 heterocycles. The molecule has 0 N–H and O–H groups in total. The summed E-state index contributed by atoms with van der Waals surface area (Å²) in [5, 5.41) is 0. The summed E-state index contributed by atoms with van der Waals surface area (Å²) in [4.78, 5) is 23.4. The van der Waals surface area contributed by atoms with Gasteiger partial charge >= 0.3 is 11.9 Å². The zero-order valence-corrected chi connectivity index (χ0v) is 13.2. The molecule has 112 valence electrons. The fraction of sp³-hybridized carbons (Fsp3) is 0.867. The van der Waals surface area contributed by atoms with E-state index in [1.165, 1.54) is 14.2 Å². The van der Waals surface area contributed by atoms with Gasteiger partial charge in [-0.3, -0.25) is 9.59 Å². The van der Waals surface area contributed by atoms with Crippen molar-refractivity contribution in [2.24, 2.45) is 10.8 Å². The third-order valence-corrected chi connectivity index (χ3v) is 3.75. The van der Waals surface area contributed by atoms with Gasteiger partial charge in [0, 0.05) is 0 Å². The van der Waals surface area contributed by atoms with Crippen LogP contribution in [0.5, 0.6) is 0 Å². The minimum Gasteiger partial charge on any atom is -0.469 e. The number of carbonyl (C=O) groups excluding carboxylic acids is 2. The van der Waals surface area contributed by atoms with Gasteiger partial charge in [0.15, 0.2) is 0 Å². The Kier molecular flexibility index (Phi) is 7.09. The van der Waals surface area contributed by atoms with E-state index in [2.05, 4.69) is 6.92 Å². The summed E-state index contributed by atoms with van der Waals surface area (Å²) in [5.74, 6) is -0.368. The van der Waals surface area contributed by atoms with Crippen LogP contribution in [0, 0.1) is 10.8 Å². The van der Waals surface area contributed by atoms with E-state index in [1.54, 1.807) is 0 Å². The molecule has 0 fully saturated rings. The van der Waals surface area contributed by atoms with Gasteiger partial charge in [0.2, 0.25) is 0 Å². The maximum absolute atomic E-state index is 11.9. The van der Waals surface area contributed by atoms with Gasteiger partial charge in [-0.1, -0.05) is 19.8 Å². The molecule has 0 saturated heterocycles. The average Bonchev–Trinajstić information content (AvgIpc) is 2.36. The molecule has 0 aromatic rings. The minimum absolute atomic E-state index is 0.162. The van der Waals surface area contributed by atoms with Gasteiger partial charge in [-0.2, -0.15) is 0 Å². The van der Waals surface area contributed by atoms with Gasteiger partial charge in [0.25, 0.3) is 0 Å². The Morgan fingerprint density at radius 3 is 1.84 bits per heavy atom. The summed E-state index contributed by atoms with van der Waals surface area (Å²) in [7, 11) is 2.83. The molecule has 1 unspecified atom stereocenters. The van der Waals surface area contributed by atoms with Crippen molar-refractivity contribution in [1.29, 1.82) is 0 Å². The fourth-order valence-electron chi connectivity index (χ4n) is 2.43. The van der Waals surface area contributed by atoms with Crippen LogP contribution in [0.25, 0.3) is 0 Å². The Hall–Kier alpha value is -1.06. The molecule has 0 saturated carbocycles. The molecule has 4 heteroatoms. The number of esters is 2. The van der Waals surface area contributed by atoms with Crippen molar-refractivity contribution in [3.05, 3.63) is 0 Å². The normalized spacial score (nSPS) is 14.6. The summed E-state index contributed by atoms with van der Waals surface area (Å²) in [5.41, 5.74) is -0.951. The third-order valence-electron chi connectivity index (χ3n) is 3.75. The minimum atomic E-state index is -0.502. The lowest BCUT2D eigenvalue weighted by atomic mass is 9.78. The maximum atomic E-state index is 11.9. The summed E-state index contributed by atoms with van der Waals surface area (Å²) in [6.07, 6.45) is 3.97. The second-order valence-corrected chi connectivity index (χ2v) is 6.03. The first-order chi connectivity index (χ1) is 8.73. The predicted molar refractivity (Wildman–Crippen MR) is 74.7 cm³/mol. The topological polar surface area (TPSA) is 52.6 Å². The number of rotatable bonds is 8. The largest absolute Gasteiger partial charge is 0.469 e. The quantitative estimate of drug-likeness (QED) is 0.636. The van der Waals surface area contributed by atoms with Crippen molar-refractivity contribution in [3.63, 3.8) is 0 Å².